The normalized spacial score (nSPS) is 25.1. The van der Waals surface area contributed by atoms with Crippen LogP contribution in [0.3, 0.4) is 0 Å². The quantitative estimate of drug-likeness (QED) is 0.852. The fourth-order valence-electron chi connectivity index (χ4n) is 3.77. The van der Waals surface area contributed by atoms with Crippen molar-refractivity contribution in [3.05, 3.63) is 34.3 Å². The summed E-state index contributed by atoms with van der Waals surface area (Å²) in [7, 11) is 1.86. The van der Waals surface area contributed by atoms with Gasteiger partial charge in [0.05, 0.1) is 5.92 Å². The molecule has 1 N–H and O–H groups in total. The van der Waals surface area contributed by atoms with Crippen LogP contribution in [0.15, 0.2) is 28.7 Å². The highest BCUT2D eigenvalue weighted by Crippen LogP contribution is 2.49. The second-order valence-electron chi connectivity index (χ2n) is 7.03. The van der Waals surface area contributed by atoms with Crippen LogP contribution < -0.4 is 0 Å². The van der Waals surface area contributed by atoms with E-state index in [0.29, 0.717) is 19.3 Å². The number of carboxylic acid groups (broad SMARTS) is 1. The summed E-state index contributed by atoms with van der Waals surface area (Å²) >= 11 is 3.46. The molecule has 2 aliphatic carbocycles. The topological polar surface area (TPSA) is 57.6 Å². The molecule has 1 aromatic carbocycles. The lowest BCUT2D eigenvalue weighted by Gasteiger charge is -2.26. The van der Waals surface area contributed by atoms with Gasteiger partial charge in [0.2, 0.25) is 5.91 Å². The van der Waals surface area contributed by atoms with Gasteiger partial charge in [0.15, 0.2) is 0 Å². The van der Waals surface area contributed by atoms with Crippen molar-refractivity contribution in [1.29, 1.82) is 0 Å². The first-order valence-electron chi connectivity index (χ1n) is 8.15. The van der Waals surface area contributed by atoms with Crippen molar-refractivity contribution in [2.45, 2.75) is 37.5 Å². The zero-order chi connectivity index (χ0) is 16.6. The number of benzene rings is 1. The molecule has 124 valence electrons. The predicted octanol–water partition coefficient (Wildman–Crippen LogP) is 3.44. The minimum atomic E-state index is -0.767. The third-order valence-electron chi connectivity index (χ3n) is 5.36. The Morgan fingerprint density at radius 3 is 2.35 bits per heavy atom. The first-order valence-corrected chi connectivity index (χ1v) is 8.94. The third-order valence-corrected chi connectivity index (χ3v) is 5.89. The molecular formula is C18H22BrNO3. The van der Waals surface area contributed by atoms with E-state index in [0.717, 1.165) is 23.9 Å². The summed E-state index contributed by atoms with van der Waals surface area (Å²) in [6.07, 6.45) is 4.02. The van der Waals surface area contributed by atoms with E-state index in [2.05, 4.69) is 28.1 Å². The number of hydrogen-bond acceptors (Lipinski definition) is 2. The van der Waals surface area contributed by atoms with Crippen molar-refractivity contribution in [3.63, 3.8) is 0 Å². The summed E-state index contributed by atoms with van der Waals surface area (Å²) in [6.45, 7) is 0.724. The summed E-state index contributed by atoms with van der Waals surface area (Å²) < 4.78 is 1.06. The van der Waals surface area contributed by atoms with Gasteiger partial charge < -0.3 is 10.0 Å². The highest BCUT2D eigenvalue weighted by molar-refractivity contribution is 9.10. The standard InChI is InChI=1S/C18H22BrNO3/c1-20(16(21)12-2-3-13(10-12)17(22)23)11-18(8-9-18)14-4-6-15(19)7-5-14/h4-7,12-13H,2-3,8-11H2,1H3,(H,22,23)/t12-,13+/m1/s1. The number of rotatable bonds is 5. The molecule has 1 amide bonds. The van der Waals surface area contributed by atoms with Crippen LogP contribution in [0, 0.1) is 11.8 Å². The van der Waals surface area contributed by atoms with Gasteiger partial charge in [-0.2, -0.15) is 0 Å². The summed E-state index contributed by atoms with van der Waals surface area (Å²) in [4.78, 5) is 25.5. The monoisotopic (exact) mass is 379 g/mol. The number of hydrogen-bond donors (Lipinski definition) is 1. The molecule has 0 heterocycles. The first-order chi connectivity index (χ1) is 10.9. The van der Waals surface area contributed by atoms with Gasteiger partial charge in [-0.05, 0) is 49.8 Å². The van der Waals surface area contributed by atoms with Gasteiger partial charge in [-0.1, -0.05) is 28.1 Å². The van der Waals surface area contributed by atoms with Gasteiger partial charge in [-0.3, -0.25) is 9.59 Å². The molecule has 0 aliphatic heterocycles. The highest BCUT2D eigenvalue weighted by atomic mass is 79.9. The molecule has 5 heteroatoms. The Hall–Kier alpha value is -1.36. The van der Waals surface area contributed by atoms with Crippen molar-refractivity contribution in [2.24, 2.45) is 11.8 Å². The van der Waals surface area contributed by atoms with Gasteiger partial charge in [0, 0.05) is 29.4 Å². The van der Waals surface area contributed by atoms with Crippen molar-refractivity contribution in [1.82, 2.24) is 4.90 Å². The van der Waals surface area contributed by atoms with Crippen LogP contribution in [-0.4, -0.2) is 35.5 Å². The molecule has 3 rings (SSSR count). The van der Waals surface area contributed by atoms with Gasteiger partial charge in [0.1, 0.15) is 0 Å². The minimum absolute atomic E-state index is 0.0932. The second kappa shape index (κ2) is 6.27. The number of nitrogens with zero attached hydrogens (tertiary/aromatic N) is 1. The third kappa shape index (κ3) is 3.44. The van der Waals surface area contributed by atoms with Crippen LogP contribution >= 0.6 is 15.9 Å². The zero-order valence-corrected chi connectivity index (χ0v) is 14.9. The van der Waals surface area contributed by atoms with E-state index in [9.17, 15) is 9.59 Å². The molecule has 23 heavy (non-hydrogen) atoms. The van der Waals surface area contributed by atoms with E-state index in [4.69, 9.17) is 5.11 Å². The van der Waals surface area contributed by atoms with Crippen LogP contribution in [-0.2, 0) is 15.0 Å². The summed E-state index contributed by atoms with van der Waals surface area (Å²) in [5.74, 6) is -1.13. The van der Waals surface area contributed by atoms with Crippen LogP contribution in [0.25, 0.3) is 0 Å². The van der Waals surface area contributed by atoms with Gasteiger partial charge in [-0.15, -0.1) is 0 Å². The molecule has 0 radical (unpaired) electrons. The lowest BCUT2D eigenvalue weighted by Crippen LogP contribution is -2.37. The van der Waals surface area contributed by atoms with E-state index in [-0.39, 0.29) is 23.2 Å². The van der Waals surface area contributed by atoms with E-state index >= 15 is 0 Å². The van der Waals surface area contributed by atoms with Crippen molar-refractivity contribution < 1.29 is 14.7 Å². The molecule has 0 unspecified atom stereocenters. The van der Waals surface area contributed by atoms with Crippen molar-refractivity contribution >= 4 is 27.8 Å². The van der Waals surface area contributed by atoms with Crippen LogP contribution in [0.2, 0.25) is 0 Å². The molecule has 0 bridgehead atoms. The first kappa shape index (κ1) is 16.5. The zero-order valence-electron chi connectivity index (χ0n) is 13.3. The van der Waals surface area contributed by atoms with Gasteiger partial charge in [0.25, 0.3) is 0 Å². The van der Waals surface area contributed by atoms with E-state index < -0.39 is 5.97 Å². The van der Waals surface area contributed by atoms with Crippen molar-refractivity contribution in [3.8, 4) is 0 Å². The Morgan fingerprint density at radius 2 is 1.83 bits per heavy atom. The van der Waals surface area contributed by atoms with E-state index in [1.165, 1.54) is 5.56 Å². The minimum Gasteiger partial charge on any atom is -0.481 e. The molecule has 0 saturated heterocycles. The number of halogens is 1. The van der Waals surface area contributed by atoms with Crippen molar-refractivity contribution in [2.75, 3.05) is 13.6 Å². The fourth-order valence-corrected chi connectivity index (χ4v) is 4.03. The number of aliphatic carboxylic acids is 1. The Morgan fingerprint density at radius 1 is 1.22 bits per heavy atom. The SMILES string of the molecule is CN(CC1(c2ccc(Br)cc2)CC1)C(=O)[C@@H]1CC[C@H](C(=O)O)C1. The summed E-state index contributed by atoms with van der Waals surface area (Å²) in [5, 5.41) is 9.09. The predicted molar refractivity (Wildman–Crippen MR) is 91.2 cm³/mol. The summed E-state index contributed by atoms with van der Waals surface area (Å²) in [6, 6.07) is 8.36. The molecule has 0 aromatic heterocycles. The fraction of sp³-hybridized carbons (Fsp3) is 0.556. The lowest BCUT2D eigenvalue weighted by atomic mass is 9.94. The average molecular weight is 380 g/mol. The Labute approximate surface area is 145 Å². The lowest BCUT2D eigenvalue weighted by molar-refractivity contribution is -0.141. The molecule has 2 atom stereocenters. The van der Waals surface area contributed by atoms with E-state index in [1.54, 1.807) is 0 Å². The molecule has 1 aromatic rings. The molecule has 0 spiro atoms. The maximum Gasteiger partial charge on any atom is 0.306 e. The summed E-state index contributed by atoms with van der Waals surface area (Å²) in [5.41, 5.74) is 1.38. The van der Waals surface area contributed by atoms with Crippen LogP contribution in [0.1, 0.15) is 37.7 Å². The van der Waals surface area contributed by atoms with E-state index in [1.807, 2.05) is 24.1 Å². The van der Waals surface area contributed by atoms with Gasteiger partial charge in [-0.25, -0.2) is 0 Å². The Kier molecular flexibility index (Phi) is 4.50. The molecular weight excluding hydrogens is 358 g/mol. The van der Waals surface area contributed by atoms with Crippen LogP contribution in [0.5, 0.6) is 0 Å². The maximum absolute atomic E-state index is 12.6. The van der Waals surface area contributed by atoms with Gasteiger partial charge >= 0.3 is 5.97 Å². The van der Waals surface area contributed by atoms with Crippen LogP contribution in [0.4, 0.5) is 0 Å². The number of carboxylic acids is 1. The molecule has 4 nitrogen and oxygen atoms in total. The number of likely N-dealkylation sites (N-methyl/N-ethyl adjacent to an activating group) is 1. The maximum atomic E-state index is 12.6. The molecule has 2 aliphatic rings. The number of carbonyl (C=O) groups is 2. The second-order valence-corrected chi connectivity index (χ2v) is 7.94. The molecule has 2 fully saturated rings. The molecule has 2 saturated carbocycles. The highest BCUT2D eigenvalue weighted by Gasteiger charge is 2.46. The Bertz CT molecular complexity index is 609. The number of amides is 1. The number of carbonyl (C=O) groups excluding carboxylic acids is 1. The Balaban J connectivity index is 1.63. The largest absolute Gasteiger partial charge is 0.481 e. The smallest absolute Gasteiger partial charge is 0.306 e. The average Bonchev–Trinajstić information content (AvgIpc) is 3.12.